The Morgan fingerprint density at radius 3 is 2.50 bits per heavy atom. The molecule has 0 aliphatic heterocycles. The van der Waals surface area contributed by atoms with E-state index in [1.165, 1.54) is 25.7 Å². The van der Waals surface area contributed by atoms with Crippen LogP contribution in [-0.4, -0.2) is 44.2 Å². The van der Waals surface area contributed by atoms with Gasteiger partial charge in [-0.15, -0.1) is 0 Å². The molecule has 0 bridgehead atoms. The van der Waals surface area contributed by atoms with Crippen molar-refractivity contribution in [2.45, 2.75) is 31.7 Å². The van der Waals surface area contributed by atoms with Gasteiger partial charge in [-0.1, -0.05) is 12.8 Å². The number of hydrogen-bond acceptors (Lipinski definition) is 2. The van der Waals surface area contributed by atoms with Gasteiger partial charge in [0.15, 0.2) is 0 Å². The van der Waals surface area contributed by atoms with Gasteiger partial charge in [-0.2, -0.15) is 0 Å². The lowest BCUT2D eigenvalue weighted by atomic mass is 10.2. The lowest BCUT2D eigenvalue weighted by Gasteiger charge is -2.14. The first-order valence-corrected chi connectivity index (χ1v) is 5.38. The summed E-state index contributed by atoms with van der Waals surface area (Å²) in [5, 5.41) is 6.27. The molecule has 1 aliphatic rings. The van der Waals surface area contributed by atoms with Crippen LogP contribution in [0.25, 0.3) is 0 Å². The van der Waals surface area contributed by atoms with Crippen LogP contribution in [0.3, 0.4) is 0 Å². The number of hydrogen-bond donors (Lipinski definition) is 2. The van der Waals surface area contributed by atoms with Crippen LogP contribution < -0.4 is 10.6 Å². The predicted octanol–water partition coefficient (Wildman–Crippen LogP) is 0.790. The van der Waals surface area contributed by atoms with Gasteiger partial charge in [0.05, 0.1) is 0 Å². The highest BCUT2D eigenvalue weighted by Crippen LogP contribution is 2.16. The average molecular weight is 199 g/mol. The van der Waals surface area contributed by atoms with E-state index < -0.39 is 0 Å². The zero-order valence-electron chi connectivity index (χ0n) is 9.18. The van der Waals surface area contributed by atoms with Crippen molar-refractivity contribution in [1.82, 2.24) is 15.5 Å². The molecule has 4 heteroatoms. The first kappa shape index (κ1) is 11.3. The molecule has 1 fully saturated rings. The Kier molecular flexibility index (Phi) is 4.73. The topological polar surface area (TPSA) is 44.4 Å². The summed E-state index contributed by atoms with van der Waals surface area (Å²) in [5.41, 5.74) is 0. The van der Waals surface area contributed by atoms with Gasteiger partial charge in [0.1, 0.15) is 0 Å². The number of rotatable bonds is 4. The Balaban J connectivity index is 1.96. The van der Waals surface area contributed by atoms with Crippen molar-refractivity contribution < 1.29 is 4.79 Å². The smallest absolute Gasteiger partial charge is 0.316 e. The van der Waals surface area contributed by atoms with E-state index in [2.05, 4.69) is 10.6 Å². The Bertz CT molecular complexity index is 176. The van der Waals surface area contributed by atoms with Crippen molar-refractivity contribution in [3.63, 3.8) is 0 Å². The van der Waals surface area contributed by atoms with Crippen molar-refractivity contribution in [3.05, 3.63) is 0 Å². The highest BCUT2D eigenvalue weighted by atomic mass is 16.2. The van der Waals surface area contributed by atoms with Crippen LogP contribution in [0.5, 0.6) is 0 Å². The molecule has 82 valence electrons. The second-order valence-electron chi connectivity index (χ2n) is 4.06. The molecule has 0 atom stereocenters. The van der Waals surface area contributed by atoms with Gasteiger partial charge in [-0.05, 0) is 12.8 Å². The van der Waals surface area contributed by atoms with Crippen LogP contribution in [0.15, 0.2) is 0 Å². The van der Waals surface area contributed by atoms with Crippen LogP contribution in [0, 0.1) is 0 Å². The third kappa shape index (κ3) is 3.96. The summed E-state index contributed by atoms with van der Waals surface area (Å²) in [6.07, 6.45) is 5.28. The summed E-state index contributed by atoms with van der Waals surface area (Å²) >= 11 is 0. The van der Waals surface area contributed by atoms with E-state index in [1.54, 1.807) is 19.0 Å². The van der Waals surface area contributed by atoms with Crippen LogP contribution in [0.1, 0.15) is 25.7 Å². The van der Waals surface area contributed by atoms with Crippen LogP contribution in [0.2, 0.25) is 0 Å². The van der Waals surface area contributed by atoms with E-state index in [-0.39, 0.29) is 6.03 Å². The van der Waals surface area contributed by atoms with Crippen molar-refractivity contribution in [2.75, 3.05) is 27.2 Å². The molecule has 1 aliphatic carbocycles. The standard InChI is InChI=1S/C10H21N3O/c1-13(2)10(14)12-8-7-11-9-5-3-4-6-9/h9,11H,3-8H2,1-2H3,(H,12,14). The SMILES string of the molecule is CN(C)C(=O)NCCNC1CCCC1. The van der Waals surface area contributed by atoms with Gasteiger partial charge in [-0.25, -0.2) is 4.79 Å². The first-order valence-electron chi connectivity index (χ1n) is 5.38. The highest BCUT2D eigenvalue weighted by molar-refractivity contribution is 5.73. The van der Waals surface area contributed by atoms with Gasteiger partial charge in [0.25, 0.3) is 0 Å². The minimum atomic E-state index is -0.0155. The molecule has 4 nitrogen and oxygen atoms in total. The largest absolute Gasteiger partial charge is 0.337 e. The van der Waals surface area contributed by atoms with Crippen molar-refractivity contribution in [1.29, 1.82) is 0 Å². The van der Waals surface area contributed by atoms with E-state index in [0.29, 0.717) is 12.6 Å². The molecular formula is C10H21N3O. The molecular weight excluding hydrogens is 178 g/mol. The van der Waals surface area contributed by atoms with E-state index >= 15 is 0 Å². The zero-order chi connectivity index (χ0) is 10.4. The molecule has 0 aromatic rings. The maximum atomic E-state index is 11.1. The summed E-state index contributed by atoms with van der Waals surface area (Å²) in [6, 6.07) is 0.671. The zero-order valence-corrected chi connectivity index (χ0v) is 9.18. The first-order chi connectivity index (χ1) is 6.70. The lowest BCUT2D eigenvalue weighted by Crippen LogP contribution is -2.40. The number of nitrogens with one attached hydrogen (secondary N) is 2. The Morgan fingerprint density at radius 1 is 1.29 bits per heavy atom. The summed E-state index contributed by atoms with van der Waals surface area (Å²) in [5.74, 6) is 0. The third-order valence-corrected chi connectivity index (χ3v) is 2.60. The molecule has 0 aromatic heterocycles. The number of amides is 2. The van der Waals surface area contributed by atoms with E-state index in [9.17, 15) is 4.79 Å². The number of urea groups is 1. The maximum Gasteiger partial charge on any atom is 0.316 e. The van der Waals surface area contributed by atoms with Crippen molar-refractivity contribution >= 4 is 6.03 Å². The fourth-order valence-electron chi connectivity index (χ4n) is 1.73. The fraction of sp³-hybridized carbons (Fsp3) is 0.900. The molecule has 0 aromatic carbocycles. The number of carbonyl (C=O) groups excluding carboxylic acids is 1. The number of carbonyl (C=O) groups is 1. The second kappa shape index (κ2) is 5.86. The minimum Gasteiger partial charge on any atom is -0.337 e. The number of nitrogens with zero attached hydrogens (tertiary/aromatic N) is 1. The average Bonchev–Trinajstić information content (AvgIpc) is 2.64. The maximum absolute atomic E-state index is 11.1. The lowest BCUT2D eigenvalue weighted by molar-refractivity contribution is 0.217. The molecule has 0 heterocycles. The summed E-state index contributed by atoms with van der Waals surface area (Å²) in [6.45, 7) is 1.60. The normalized spacial score (nSPS) is 17.0. The molecule has 2 amide bonds. The molecule has 0 saturated heterocycles. The second-order valence-corrected chi connectivity index (χ2v) is 4.06. The molecule has 14 heavy (non-hydrogen) atoms. The summed E-state index contributed by atoms with van der Waals surface area (Å²) in [4.78, 5) is 12.7. The van der Waals surface area contributed by atoms with Gasteiger partial charge in [-0.3, -0.25) is 0 Å². The Labute approximate surface area is 86.0 Å². The molecule has 1 rings (SSSR count). The molecule has 0 spiro atoms. The fourth-order valence-corrected chi connectivity index (χ4v) is 1.73. The molecule has 0 unspecified atom stereocenters. The van der Waals surface area contributed by atoms with Crippen LogP contribution in [-0.2, 0) is 0 Å². The van der Waals surface area contributed by atoms with E-state index in [4.69, 9.17) is 0 Å². The summed E-state index contributed by atoms with van der Waals surface area (Å²) in [7, 11) is 3.50. The monoisotopic (exact) mass is 199 g/mol. The van der Waals surface area contributed by atoms with Crippen molar-refractivity contribution in [2.24, 2.45) is 0 Å². The van der Waals surface area contributed by atoms with Crippen LogP contribution >= 0.6 is 0 Å². The highest BCUT2D eigenvalue weighted by Gasteiger charge is 2.13. The minimum absolute atomic E-state index is 0.0155. The molecule has 2 N–H and O–H groups in total. The van der Waals surface area contributed by atoms with Crippen molar-refractivity contribution in [3.8, 4) is 0 Å². The third-order valence-electron chi connectivity index (χ3n) is 2.60. The van der Waals surface area contributed by atoms with Crippen LogP contribution in [0.4, 0.5) is 4.79 Å². The van der Waals surface area contributed by atoms with E-state index in [0.717, 1.165) is 6.54 Å². The molecule has 0 radical (unpaired) electrons. The van der Waals surface area contributed by atoms with E-state index in [1.807, 2.05) is 0 Å². The molecule has 1 saturated carbocycles. The van der Waals surface area contributed by atoms with Gasteiger partial charge < -0.3 is 15.5 Å². The van der Waals surface area contributed by atoms with Gasteiger partial charge in [0.2, 0.25) is 0 Å². The predicted molar refractivity (Wildman–Crippen MR) is 57.3 cm³/mol. The Morgan fingerprint density at radius 2 is 1.93 bits per heavy atom. The van der Waals surface area contributed by atoms with Gasteiger partial charge in [0, 0.05) is 33.2 Å². The summed E-state index contributed by atoms with van der Waals surface area (Å²) < 4.78 is 0. The Hall–Kier alpha value is -0.770. The quantitative estimate of drug-likeness (QED) is 0.657. The van der Waals surface area contributed by atoms with Gasteiger partial charge >= 0.3 is 6.03 Å².